The fraction of sp³-hybridized carbons (Fsp3) is 0.333. The number of hydrogen-bond acceptors (Lipinski definition) is 6. The van der Waals surface area contributed by atoms with Crippen molar-refractivity contribution in [3.63, 3.8) is 0 Å². The molecule has 22 heavy (non-hydrogen) atoms. The summed E-state index contributed by atoms with van der Waals surface area (Å²) < 4.78 is 4.89. The van der Waals surface area contributed by atoms with E-state index in [1.807, 2.05) is 13.0 Å². The van der Waals surface area contributed by atoms with Gasteiger partial charge in [-0.15, -0.1) is 0 Å². The summed E-state index contributed by atoms with van der Waals surface area (Å²) in [5.74, 6) is -2.47. The number of nitrogens with zero attached hydrogens (tertiary/aromatic N) is 2. The van der Waals surface area contributed by atoms with Crippen molar-refractivity contribution in [2.45, 2.75) is 19.9 Å². The van der Waals surface area contributed by atoms with Crippen LogP contribution < -0.4 is 10.3 Å². The van der Waals surface area contributed by atoms with Gasteiger partial charge in [0.25, 0.3) is 5.91 Å². The van der Waals surface area contributed by atoms with Gasteiger partial charge in [-0.25, -0.2) is 9.69 Å². The standard InChI is InChI=1S/C15H15N3O4/c1-3-22-15(21)12-10-11(16-17-12)14(20)18(13(10)19)9-6-4-5-8(2)7-9/h4-7,10-11,16H,3H2,1-2H3/t10-,11-/m0/s1. The van der Waals surface area contributed by atoms with Gasteiger partial charge in [0.05, 0.1) is 12.3 Å². The number of anilines is 1. The second-order valence-corrected chi connectivity index (χ2v) is 5.15. The molecule has 7 heteroatoms. The molecule has 1 aromatic carbocycles. The molecular formula is C15H15N3O4. The van der Waals surface area contributed by atoms with Crippen molar-refractivity contribution < 1.29 is 19.1 Å². The first-order valence-electron chi connectivity index (χ1n) is 6.99. The molecule has 1 aromatic rings. The van der Waals surface area contributed by atoms with Gasteiger partial charge in [-0.3, -0.25) is 15.0 Å². The van der Waals surface area contributed by atoms with Crippen LogP contribution in [0.25, 0.3) is 0 Å². The zero-order chi connectivity index (χ0) is 15.9. The van der Waals surface area contributed by atoms with E-state index in [1.165, 1.54) is 0 Å². The van der Waals surface area contributed by atoms with E-state index in [1.54, 1.807) is 25.1 Å². The fourth-order valence-corrected chi connectivity index (χ4v) is 2.68. The molecule has 1 saturated heterocycles. The van der Waals surface area contributed by atoms with E-state index in [2.05, 4.69) is 10.5 Å². The van der Waals surface area contributed by atoms with Gasteiger partial charge in [0.15, 0.2) is 5.71 Å². The first kappa shape index (κ1) is 14.2. The Kier molecular flexibility index (Phi) is 3.40. The number of carbonyl (C=O) groups is 3. The maximum atomic E-state index is 12.6. The molecule has 1 fully saturated rings. The Balaban J connectivity index is 1.93. The molecule has 0 unspecified atom stereocenters. The molecule has 2 atom stereocenters. The Morgan fingerprint density at radius 2 is 2.14 bits per heavy atom. The number of hydrogen-bond donors (Lipinski definition) is 1. The molecule has 0 spiro atoms. The first-order chi connectivity index (χ1) is 10.5. The Bertz CT molecular complexity index is 698. The van der Waals surface area contributed by atoms with Crippen LogP contribution in [-0.2, 0) is 19.1 Å². The smallest absolute Gasteiger partial charge is 0.355 e. The van der Waals surface area contributed by atoms with E-state index in [4.69, 9.17) is 4.74 Å². The first-order valence-corrected chi connectivity index (χ1v) is 6.99. The quantitative estimate of drug-likeness (QED) is 0.644. The van der Waals surface area contributed by atoms with Gasteiger partial charge >= 0.3 is 5.97 Å². The molecule has 0 bridgehead atoms. The van der Waals surface area contributed by atoms with Crippen molar-refractivity contribution in [3.05, 3.63) is 29.8 Å². The summed E-state index contributed by atoms with van der Waals surface area (Å²) in [6.45, 7) is 3.72. The maximum absolute atomic E-state index is 12.6. The van der Waals surface area contributed by atoms with Gasteiger partial charge in [-0.1, -0.05) is 12.1 Å². The van der Waals surface area contributed by atoms with Crippen molar-refractivity contribution in [2.24, 2.45) is 11.0 Å². The summed E-state index contributed by atoms with van der Waals surface area (Å²) in [6.07, 6.45) is 0. The van der Waals surface area contributed by atoms with Crippen molar-refractivity contribution in [3.8, 4) is 0 Å². The molecule has 0 saturated carbocycles. The average Bonchev–Trinajstić information content (AvgIpc) is 3.01. The van der Waals surface area contributed by atoms with Gasteiger partial charge in [0.2, 0.25) is 5.91 Å². The molecule has 7 nitrogen and oxygen atoms in total. The van der Waals surface area contributed by atoms with E-state index in [-0.39, 0.29) is 12.3 Å². The molecule has 0 aromatic heterocycles. The van der Waals surface area contributed by atoms with Gasteiger partial charge in [0, 0.05) is 0 Å². The van der Waals surface area contributed by atoms with Crippen LogP contribution in [0, 0.1) is 12.8 Å². The molecule has 2 aliphatic rings. The second-order valence-electron chi connectivity index (χ2n) is 5.15. The van der Waals surface area contributed by atoms with Crippen LogP contribution >= 0.6 is 0 Å². The molecule has 0 radical (unpaired) electrons. The van der Waals surface area contributed by atoms with E-state index >= 15 is 0 Å². The third kappa shape index (κ3) is 2.05. The third-order valence-electron chi connectivity index (χ3n) is 3.67. The monoisotopic (exact) mass is 301 g/mol. The van der Waals surface area contributed by atoms with Crippen LogP contribution in [0.5, 0.6) is 0 Å². The topological polar surface area (TPSA) is 88.1 Å². The zero-order valence-electron chi connectivity index (χ0n) is 12.2. The number of imide groups is 1. The fourth-order valence-electron chi connectivity index (χ4n) is 2.68. The van der Waals surface area contributed by atoms with Gasteiger partial charge in [-0.05, 0) is 31.5 Å². The van der Waals surface area contributed by atoms with Crippen LogP contribution in [0.2, 0.25) is 0 Å². The van der Waals surface area contributed by atoms with Crippen molar-refractivity contribution in [1.82, 2.24) is 5.43 Å². The number of carbonyl (C=O) groups excluding carboxylic acids is 3. The molecule has 0 aliphatic carbocycles. The van der Waals surface area contributed by atoms with Crippen LogP contribution in [-0.4, -0.2) is 36.1 Å². The largest absolute Gasteiger partial charge is 0.461 e. The predicted molar refractivity (Wildman–Crippen MR) is 78.2 cm³/mol. The number of hydrazone groups is 1. The lowest BCUT2D eigenvalue weighted by Gasteiger charge is -2.16. The minimum absolute atomic E-state index is 0.0413. The number of benzene rings is 1. The number of nitrogens with one attached hydrogen (secondary N) is 1. The van der Waals surface area contributed by atoms with Crippen molar-refractivity contribution in [1.29, 1.82) is 0 Å². The summed E-state index contributed by atoms with van der Waals surface area (Å²) in [7, 11) is 0. The van der Waals surface area contributed by atoms with Gasteiger partial charge in [0.1, 0.15) is 12.0 Å². The molecule has 2 aliphatic heterocycles. The highest BCUT2D eigenvalue weighted by Gasteiger charge is 2.55. The Hall–Kier alpha value is -2.70. The summed E-state index contributed by atoms with van der Waals surface area (Å²) in [5.41, 5.74) is 3.96. The molecule has 114 valence electrons. The van der Waals surface area contributed by atoms with Crippen molar-refractivity contribution in [2.75, 3.05) is 11.5 Å². The van der Waals surface area contributed by atoms with E-state index in [0.29, 0.717) is 5.69 Å². The number of esters is 1. The number of fused-ring (bicyclic) bond motifs is 1. The highest BCUT2D eigenvalue weighted by atomic mass is 16.5. The second kappa shape index (κ2) is 5.25. The number of rotatable bonds is 3. The maximum Gasteiger partial charge on any atom is 0.355 e. The lowest BCUT2D eigenvalue weighted by Crippen LogP contribution is -2.36. The van der Waals surface area contributed by atoms with Crippen LogP contribution in [0.3, 0.4) is 0 Å². The summed E-state index contributed by atoms with van der Waals surface area (Å²) in [5, 5.41) is 3.81. The lowest BCUT2D eigenvalue weighted by molar-refractivity contribution is -0.136. The minimum Gasteiger partial charge on any atom is -0.461 e. The zero-order valence-corrected chi connectivity index (χ0v) is 12.2. The molecule has 1 N–H and O–H groups in total. The van der Waals surface area contributed by atoms with E-state index in [0.717, 1.165) is 10.5 Å². The van der Waals surface area contributed by atoms with Crippen molar-refractivity contribution >= 4 is 29.2 Å². The normalized spacial score (nSPS) is 23.2. The minimum atomic E-state index is -0.924. The Labute approximate surface area is 126 Å². The highest BCUT2D eigenvalue weighted by Crippen LogP contribution is 2.31. The lowest BCUT2D eigenvalue weighted by atomic mass is 9.99. The Morgan fingerprint density at radius 1 is 1.36 bits per heavy atom. The predicted octanol–water partition coefficient (Wildman–Crippen LogP) is 0.375. The van der Waals surface area contributed by atoms with Crippen LogP contribution in [0.15, 0.2) is 29.4 Å². The van der Waals surface area contributed by atoms with E-state index in [9.17, 15) is 14.4 Å². The average molecular weight is 301 g/mol. The summed E-state index contributed by atoms with van der Waals surface area (Å²) >= 11 is 0. The van der Waals surface area contributed by atoms with Crippen LogP contribution in [0.1, 0.15) is 12.5 Å². The molecule has 2 heterocycles. The molecule has 2 amide bonds. The van der Waals surface area contributed by atoms with Crippen LogP contribution in [0.4, 0.5) is 5.69 Å². The highest BCUT2D eigenvalue weighted by molar-refractivity contribution is 6.46. The third-order valence-corrected chi connectivity index (χ3v) is 3.67. The van der Waals surface area contributed by atoms with Gasteiger partial charge < -0.3 is 4.74 Å². The SMILES string of the molecule is CCOC(=O)C1=NN[C@@H]2C(=O)N(c3cccc(C)c3)C(=O)[C@H]12. The van der Waals surface area contributed by atoms with Gasteiger partial charge in [-0.2, -0.15) is 5.10 Å². The molecule has 3 rings (SSSR count). The summed E-state index contributed by atoms with van der Waals surface area (Å²) in [4.78, 5) is 38.0. The number of amides is 2. The number of aryl methyl sites for hydroxylation is 1. The molecular weight excluding hydrogens is 286 g/mol. The van der Waals surface area contributed by atoms with E-state index < -0.39 is 29.7 Å². The Morgan fingerprint density at radius 3 is 2.82 bits per heavy atom. The number of ether oxygens (including phenoxy) is 1. The summed E-state index contributed by atoms with van der Waals surface area (Å²) in [6, 6.07) is 6.24.